The molecule has 14 heavy (non-hydrogen) atoms. The van der Waals surface area contributed by atoms with Crippen LogP contribution in [0.1, 0.15) is 5.56 Å². The van der Waals surface area contributed by atoms with Gasteiger partial charge in [0.2, 0.25) is 5.88 Å². The zero-order chi connectivity index (χ0) is 10.6. The van der Waals surface area contributed by atoms with Crippen molar-refractivity contribution < 1.29 is 17.9 Å². The van der Waals surface area contributed by atoms with Crippen molar-refractivity contribution in [1.82, 2.24) is 4.98 Å². The minimum Gasteiger partial charge on any atom is -0.388 e. The number of hydrogen-bond acceptors (Lipinski definition) is 2. The molecule has 0 bridgehead atoms. The normalized spacial score (nSPS) is 11.4. The van der Waals surface area contributed by atoms with Crippen LogP contribution in [0.15, 0.2) is 18.3 Å². The molecule has 1 rings (SSSR count). The summed E-state index contributed by atoms with van der Waals surface area (Å²) >= 11 is 5.44. The van der Waals surface area contributed by atoms with Crippen molar-refractivity contribution >= 4 is 11.6 Å². The highest BCUT2D eigenvalue weighted by molar-refractivity contribution is 6.17. The van der Waals surface area contributed by atoms with Crippen LogP contribution in [-0.4, -0.2) is 17.2 Å². The van der Waals surface area contributed by atoms with Crippen LogP contribution in [0.4, 0.5) is 13.2 Å². The monoisotopic (exact) mass is 225 g/mol. The molecule has 6 heteroatoms. The van der Waals surface area contributed by atoms with Gasteiger partial charge in [-0.3, -0.25) is 0 Å². The molecular formula is C8H7ClF3NO. The lowest BCUT2D eigenvalue weighted by atomic mass is 10.2. The van der Waals surface area contributed by atoms with Crippen molar-refractivity contribution in [2.24, 2.45) is 0 Å². The van der Waals surface area contributed by atoms with E-state index in [1.165, 1.54) is 12.3 Å². The molecule has 1 aromatic rings. The molecule has 0 saturated heterocycles. The summed E-state index contributed by atoms with van der Waals surface area (Å²) in [7, 11) is 0. The van der Waals surface area contributed by atoms with Crippen LogP contribution >= 0.6 is 11.6 Å². The molecule has 0 aliphatic heterocycles. The van der Waals surface area contributed by atoms with Crippen LogP contribution in [0.2, 0.25) is 0 Å². The van der Waals surface area contributed by atoms with Crippen molar-refractivity contribution in [3.05, 3.63) is 23.9 Å². The molecule has 0 radical (unpaired) electrons. The van der Waals surface area contributed by atoms with Crippen molar-refractivity contribution in [3.63, 3.8) is 0 Å². The van der Waals surface area contributed by atoms with Gasteiger partial charge in [0, 0.05) is 18.1 Å². The molecule has 0 aromatic carbocycles. The minimum atomic E-state index is -4.70. The molecule has 0 fully saturated rings. The largest absolute Gasteiger partial charge is 0.574 e. The number of hydrogen-bond donors (Lipinski definition) is 0. The van der Waals surface area contributed by atoms with Crippen LogP contribution in [0, 0.1) is 0 Å². The fourth-order valence-electron chi connectivity index (χ4n) is 0.889. The van der Waals surface area contributed by atoms with Gasteiger partial charge in [0.15, 0.2) is 0 Å². The summed E-state index contributed by atoms with van der Waals surface area (Å²) in [5.74, 6) is -0.115. The standard InChI is InChI=1S/C8H7ClF3NO/c9-3-1-6-2-4-13-7(5-6)14-8(10,11)12/h2,4-5H,1,3H2. The van der Waals surface area contributed by atoms with E-state index in [9.17, 15) is 13.2 Å². The van der Waals surface area contributed by atoms with Gasteiger partial charge < -0.3 is 4.74 Å². The first kappa shape index (κ1) is 11.1. The van der Waals surface area contributed by atoms with Gasteiger partial charge in [-0.05, 0) is 18.1 Å². The number of halogens is 4. The molecule has 0 amide bonds. The summed E-state index contributed by atoms with van der Waals surface area (Å²) in [4.78, 5) is 3.42. The molecular weight excluding hydrogens is 219 g/mol. The van der Waals surface area contributed by atoms with E-state index >= 15 is 0 Å². The van der Waals surface area contributed by atoms with Crippen LogP contribution in [-0.2, 0) is 6.42 Å². The van der Waals surface area contributed by atoms with Crippen molar-refractivity contribution in [2.75, 3.05) is 5.88 Å². The Bertz CT molecular complexity index is 303. The molecule has 2 nitrogen and oxygen atoms in total. The first-order valence-electron chi connectivity index (χ1n) is 3.78. The molecule has 0 aliphatic carbocycles. The molecule has 1 heterocycles. The third-order valence-corrected chi connectivity index (χ3v) is 1.59. The van der Waals surface area contributed by atoms with Gasteiger partial charge in [-0.1, -0.05) is 0 Å². The quantitative estimate of drug-likeness (QED) is 0.738. The van der Waals surface area contributed by atoms with Gasteiger partial charge in [-0.15, -0.1) is 24.8 Å². The Morgan fingerprint density at radius 3 is 2.71 bits per heavy atom. The Labute approximate surface area is 83.7 Å². The van der Waals surface area contributed by atoms with E-state index in [2.05, 4.69) is 9.72 Å². The second kappa shape index (κ2) is 4.50. The number of ether oxygens (including phenoxy) is 1. The van der Waals surface area contributed by atoms with Crippen LogP contribution < -0.4 is 4.74 Å². The molecule has 0 aliphatic rings. The lowest BCUT2D eigenvalue weighted by Gasteiger charge is -2.08. The average molecular weight is 226 g/mol. The lowest BCUT2D eigenvalue weighted by molar-refractivity contribution is -0.276. The second-order valence-electron chi connectivity index (χ2n) is 2.49. The summed E-state index contributed by atoms with van der Waals surface area (Å²) in [5, 5.41) is 0. The van der Waals surface area contributed by atoms with Crippen LogP contribution in [0.3, 0.4) is 0 Å². The van der Waals surface area contributed by atoms with Crippen LogP contribution in [0.5, 0.6) is 5.88 Å². The van der Waals surface area contributed by atoms with E-state index in [0.717, 1.165) is 0 Å². The highest BCUT2D eigenvalue weighted by atomic mass is 35.5. The second-order valence-corrected chi connectivity index (χ2v) is 2.87. The van der Waals surface area contributed by atoms with Gasteiger partial charge >= 0.3 is 6.36 Å². The first-order chi connectivity index (χ1) is 6.51. The summed E-state index contributed by atoms with van der Waals surface area (Å²) in [6, 6.07) is 2.81. The van der Waals surface area contributed by atoms with Crippen molar-refractivity contribution in [1.29, 1.82) is 0 Å². The predicted octanol–water partition coefficient (Wildman–Crippen LogP) is 2.76. The first-order valence-corrected chi connectivity index (χ1v) is 4.31. The van der Waals surface area contributed by atoms with Gasteiger partial charge in [0.25, 0.3) is 0 Å². The fraction of sp³-hybridized carbons (Fsp3) is 0.375. The zero-order valence-electron chi connectivity index (χ0n) is 7.01. The smallest absolute Gasteiger partial charge is 0.388 e. The van der Waals surface area contributed by atoms with Gasteiger partial charge in [-0.25, -0.2) is 4.98 Å². The van der Waals surface area contributed by atoms with E-state index < -0.39 is 12.2 Å². The van der Waals surface area contributed by atoms with E-state index in [1.807, 2.05) is 0 Å². The Kier molecular flexibility index (Phi) is 3.57. The SMILES string of the molecule is FC(F)(F)Oc1cc(CCCl)ccn1. The summed E-state index contributed by atoms with van der Waals surface area (Å²) in [6.45, 7) is 0. The predicted molar refractivity (Wildman–Crippen MR) is 45.3 cm³/mol. The molecule has 0 saturated carbocycles. The maximum atomic E-state index is 11.8. The van der Waals surface area contributed by atoms with Crippen LogP contribution in [0.25, 0.3) is 0 Å². The van der Waals surface area contributed by atoms with Gasteiger partial charge in [0.05, 0.1) is 0 Å². The Balaban J connectivity index is 2.73. The summed E-state index contributed by atoms with van der Waals surface area (Å²) in [6.07, 6.45) is -2.96. The number of alkyl halides is 4. The van der Waals surface area contributed by atoms with Gasteiger partial charge in [0.1, 0.15) is 0 Å². The van der Waals surface area contributed by atoms with Crippen molar-refractivity contribution in [3.8, 4) is 5.88 Å². The highest BCUT2D eigenvalue weighted by Crippen LogP contribution is 2.21. The Morgan fingerprint density at radius 2 is 2.14 bits per heavy atom. The minimum absolute atomic E-state index is 0.343. The third-order valence-electron chi connectivity index (χ3n) is 1.40. The third kappa shape index (κ3) is 3.83. The lowest BCUT2D eigenvalue weighted by Crippen LogP contribution is -2.18. The fourth-order valence-corrected chi connectivity index (χ4v) is 1.11. The maximum Gasteiger partial charge on any atom is 0.574 e. The molecule has 0 atom stereocenters. The number of nitrogens with zero attached hydrogens (tertiary/aromatic N) is 1. The molecule has 78 valence electrons. The Morgan fingerprint density at radius 1 is 1.43 bits per heavy atom. The number of pyridine rings is 1. The van der Waals surface area contributed by atoms with E-state index in [-0.39, 0.29) is 0 Å². The highest BCUT2D eigenvalue weighted by Gasteiger charge is 2.31. The van der Waals surface area contributed by atoms with E-state index in [0.29, 0.717) is 17.9 Å². The number of aryl methyl sites for hydroxylation is 1. The van der Waals surface area contributed by atoms with Crippen molar-refractivity contribution in [2.45, 2.75) is 12.8 Å². The molecule has 0 unspecified atom stereocenters. The molecule has 0 N–H and O–H groups in total. The van der Waals surface area contributed by atoms with E-state index in [1.54, 1.807) is 6.07 Å². The zero-order valence-corrected chi connectivity index (χ0v) is 7.77. The topological polar surface area (TPSA) is 22.1 Å². The van der Waals surface area contributed by atoms with E-state index in [4.69, 9.17) is 11.6 Å². The number of aromatic nitrogens is 1. The Hall–Kier alpha value is -0.970. The summed E-state index contributed by atoms with van der Waals surface area (Å²) in [5.41, 5.74) is 0.661. The van der Waals surface area contributed by atoms with Gasteiger partial charge in [-0.2, -0.15) is 0 Å². The maximum absolute atomic E-state index is 11.8. The average Bonchev–Trinajstić information content (AvgIpc) is 2.02. The molecule has 0 spiro atoms. The number of rotatable bonds is 3. The molecule has 1 aromatic heterocycles. The summed E-state index contributed by atoms with van der Waals surface area (Å²) < 4.78 is 38.9.